The molecule has 0 aliphatic carbocycles. The Balaban J connectivity index is 1.97. The fourth-order valence-electron chi connectivity index (χ4n) is 3.19. The first-order chi connectivity index (χ1) is 13.2. The maximum absolute atomic E-state index is 12.5. The Labute approximate surface area is 166 Å². The summed E-state index contributed by atoms with van der Waals surface area (Å²) in [5, 5.41) is 12.6. The fraction of sp³-hybridized carbons (Fsp3) is 0.478. The molecular formula is C23H31NO4. The van der Waals surface area contributed by atoms with Crippen molar-refractivity contribution in [3.05, 3.63) is 69.3 Å². The Morgan fingerprint density at radius 3 is 2.50 bits per heavy atom. The molecule has 1 atom stereocenters. The Bertz CT molecular complexity index is 834. The molecule has 2 rings (SSSR count). The molecule has 28 heavy (non-hydrogen) atoms. The molecular weight excluding hydrogens is 354 g/mol. The number of hydrogen-bond donors (Lipinski definition) is 2. The highest BCUT2D eigenvalue weighted by Gasteiger charge is 2.19. The van der Waals surface area contributed by atoms with Crippen molar-refractivity contribution in [1.82, 2.24) is 5.32 Å². The fourth-order valence-corrected chi connectivity index (χ4v) is 3.19. The van der Waals surface area contributed by atoms with Gasteiger partial charge in [-0.3, -0.25) is 4.79 Å². The van der Waals surface area contributed by atoms with Gasteiger partial charge >= 0.3 is 5.63 Å². The summed E-state index contributed by atoms with van der Waals surface area (Å²) in [6, 6.07) is 11.7. The third-order valence-corrected chi connectivity index (χ3v) is 4.73. The second-order valence-corrected chi connectivity index (χ2v) is 8.12. The number of nitrogens with one attached hydrogen (secondary N) is 1. The number of carbonyl (C=O) groups is 1. The van der Waals surface area contributed by atoms with Crippen molar-refractivity contribution >= 4 is 5.91 Å². The molecule has 5 heteroatoms. The van der Waals surface area contributed by atoms with Crippen LogP contribution in [0.4, 0.5) is 0 Å². The molecule has 0 fully saturated rings. The van der Waals surface area contributed by atoms with E-state index in [1.54, 1.807) is 26.8 Å². The van der Waals surface area contributed by atoms with Crippen molar-refractivity contribution < 1.29 is 14.3 Å². The van der Waals surface area contributed by atoms with Gasteiger partial charge in [-0.25, -0.2) is 4.79 Å². The van der Waals surface area contributed by atoms with E-state index in [0.717, 1.165) is 19.3 Å². The van der Waals surface area contributed by atoms with Gasteiger partial charge in [0.2, 0.25) is 0 Å². The summed E-state index contributed by atoms with van der Waals surface area (Å²) in [5.41, 5.74) is 0.559. The number of aryl methyl sites for hydroxylation is 3. The second kappa shape index (κ2) is 9.69. The molecule has 1 aromatic carbocycles. The molecule has 2 N–H and O–H groups in total. The van der Waals surface area contributed by atoms with E-state index in [-0.39, 0.29) is 11.6 Å². The summed E-state index contributed by atoms with van der Waals surface area (Å²) < 4.78 is 5.39. The van der Waals surface area contributed by atoms with Crippen LogP contribution in [0.5, 0.6) is 0 Å². The van der Waals surface area contributed by atoms with E-state index in [9.17, 15) is 14.7 Å². The van der Waals surface area contributed by atoms with Gasteiger partial charge in [-0.05, 0) is 70.6 Å². The highest BCUT2D eigenvalue weighted by Crippen LogP contribution is 2.14. The summed E-state index contributed by atoms with van der Waals surface area (Å²) in [6.45, 7) is 7.19. The molecule has 1 unspecified atom stereocenters. The molecule has 2 aromatic rings. The van der Waals surface area contributed by atoms with E-state index in [4.69, 9.17) is 4.42 Å². The monoisotopic (exact) mass is 385 g/mol. The van der Waals surface area contributed by atoms with Gasteiger partial charge in [0.25, 0.3) is 5.91 Å². The highest BCUT2D eigenvalue weighted by molar-refractivity contribution is 5.95. The molecule has 0 saturated carbocycles. The van der Waals surface area contributed by atoms with Gasteiger partial charge in [0.1, 0.15) is 11.3 Å². The number of hydrogen-bond acceptors (Lipinski definition) is 4. The maximum atomic E-state index is 12.5. The number of rotatable bonds is 9. The summed E-state index contributed by atoms with van der Waals surface area (Å²) >= 11 is 0. The zero-order chi connectivity index (χ0) is 20.7. The lowest BCUT2D eigenvalue weighted by molar-refractivity contribution is 0.0674. The lowest BCUT2D eigenvalue weighted by atomic mass is 9.99. The lowest BCUT2D eigenvalue weighted by Crippen LogP contribution is -2.36. The van der Waals surface area contributed by atoms with Crippen molar-refractivity contribution in [2.75, 3.05) is 0 Å². The van der Waals surface area contributed by atoms with Crippen LogP contribution in [0.1, 0.15) is 67.3 Å². The highest BCUT2D eigenvalue weighted by atomic mass is 16.4. The molecule has 0 aliphatic rings. The van der Waals surface area contributed by atoms with Crippen molar-refractivity contribution in [1.29, 1.82) is 0 Å². The molecule has 0 saturated heterocycles. The predicted molar refractivity (Wildman–Crippen MR) is 111 cm³/mol. The van der Waals surface area contributed by atoms with Crippen LogP contribution < -0.4 is 10.9 Å². The zero-order valence-corrected chi connectivity index (χ0v) is 17.2. The Kier molecular flexibility index (Phi) is 7.58. The van der Waals surface area contributed by atoms with E-state index in [2.05, 4.69) is 5.32 Å². The van der Waals surface area contributed by atoms with E-state index >= 15 is 0 Å². The van der Waals surface area contributed by atoms with E-state index in [0.29, 0.717) is 24.2 Å². The summed E-state index contributed by atoms with van der Waals surface area (Å²) in [4.78, 5) is 24.9. The van der Waals surface area contributed by atoms with Gasteiger partial charge in [-0.15, -0.1) is 0 Å². The smallest absolute Gasteiger partial charge is 0.349 e. The van der Waals surface area contributed by atoms with Gasteiger partial charge < -0.3 is 14.8 Å². The first-order valence-electron chi connectivity index (χ1n) is 9.86. The average Bonchev–Trinajstić information content (AvgIpc) is 2.59. The first-order valence-corrected chi connectivity index (χ1v) is 9.86. The van der Waals surface area contributed by atoms with Crippen LogP contribution in [-0.4, -0.2) is 22.7 Å². The van der Waals surface area contributed by atoms with Gasteiger partial charge in [0, 0.05) is 12.5 Å². The summed E-state index contributed by atoms with van der Waals surface area (Å²) in [7, 11) is 0. The Morgan fingerprint density at radius 1 is 1.21 bits per heavy atom. The third kappa shape index (κ3) is 6.97. The molecule has 1 aromatic heterocycles. The number of aliphatic hydroxyl groups is 1. The standard InChI is InChI=1S/C23H31NO4/c1-16-15-19(13-12-18-10-6-5-7-11-18)28-22(26)20(16)21(25)24-17(2)9-8-14-23(3,4)27/h5-7,10-11,15,17,27H,8-9,12-14H2,1-4H3,(H,24,25). The Hall–Kier alpha value is -2.40. The summed E-state index contributed by atoms with van der Waals surface area (Å²) in [5.74, 6) is 0.178. The van der Waals surface area contributed by atoms with Crippen molar-refractivity contribution in [2.24, 2.45) is 0 Å². The van der Waals surface area contributed by atoms with E-state index in [1.165, 1.54) is 5.56 Å². The number of carbonyl (C=O) groups excluding carboxylic acids is 1. The molecule has 152 valence electrons. The van der Waals surface area contributed by atoms with Gasteiger partial charge in [0.15, 0.2) is 0 Å². The molecule has 0 bridgehead atoms. The van der Waals surface area contributed by atoms with Crippen LogP contribution in [0.15, 0.2) is 45.6 Å². The minimum Gasteiger partial charge on any atom is -0.427 e. The van der Waals surface area contributed by atoms with Crippen molar-refractivity contribution in [3.63, 3.8) is 0 Å². The average molecular weight is 386 g/mol. The van der Waals surface area contributed by atoms with Gasteiger partial charge in [-0.1, -0.05) is 30.3 Å². The minimum atomic E-state index is -0.711. The molecule has 5 nitrogen and oxygen atoms in total. The van der Waals surface area contributed by atoms with Gasteiger partial charge in [0.05, 0.1) is 5.60 Å². The lowest BCUT2D eigenvalue weighted by Gasteiger charge is -2.19. The number of benzene rings is 1. The third-order valence-electron chi connectivity index (χ3n) is 4.73. The first kappa shape index (κ1) is 21.9. The molecule has 0 aliphatic heterocycles. The van der Waals surface area contributed by atoms with Crippen LogP contribution in [0.3, 0.4) is 0 Å². The van der Waals surface area contributed by atoms with Crippen molar-refractivity contribution in [3.8, 4) is 0 Å². The number of amides is 1. The van der Waals surface area contributed by atoms with Gasteiger partial charge in [-0.2, -0.15) is 0 Å². The van der Waals surface area contributed by atoms with Crippen LogP contribution in [0, 0.1) is 6.92 Å². The Morgan fingerprint density at radius 2 is 1.89 bits per heavy atom. The topological polar surface area (TPSA) is 79.5 Å². The molecule has 1 amide bonds. The van der Waals surface area contributed by atoms with Crippen LogP contribution >= 0.6 is 0 Å². The summed E-state index contributed by atoms with van der Waals surface area (Å²) in [6.07, 6.45) is 3.55. The van der Waals surface area contributed by atoms with E-state index < -0.39 is 17.1 Å². The normalized spacial score (nSPS) is 12.6. The van der Waals surface area contributed by atoms with Crippen LogP contribution in [0.25, 0.3) is 0 Å². The van der Waals surface area contributed by atoms with Crippen LogP contribution in [-0.2, 0) is 12.8 Å². The predicted octanol–water partition coefficient (Wildman–Crippen LogP) is 3.79. The molecule has 0 radical (unpaired) electrons. The second-order valence-electron chi connectivity index (χ2n) is 8.12. The zero-order valence-electron chi connectivity index (χ0n) is 17.2. The largest absolute Gasteiger partial charge is 0.427 e. The van der Waals surface area contributed by atoms with E-state index in [1.807, 2.05) is 37.3 Å². The maximum Gasteiger partial charge on any atom is 0.349 e. The minimum absolute atomic E-state index is 0.0674. The molecule has 1 heterocycles. The SMILES string of the molecule is Cc1cc(CCc2ccccc2)oc(=O)c1C(=O)NC(C)CCCC(C)(C)O. The van der Waals surface area contributed by atoms with Crippen LogP contribution in [0.2, 0.25) is 0 Å². The quantitative estimate of drug-likeness (QED) is 0.688. The van der Waals surface area contributed by atoms with Crippen molar-refractivity contribution in [2.45, 2.75) is 71.4 Å². The molecule has 0 spiro atoms.